The Balaban J connectivity index is 1.47. The number of amides is 1. The third-order valence-electron chi connectivity index (χ3n) is 5.67. The molecule has 1 amide bonds. The number of morpholine rings is 1. The number of rotatable bonds is 10. The molecule has 0 saturated carbocycles. The maximum absolute atomic E-state index is 12.6. The Morgan fingerprint density at radius 3 is 2.76 bits per heavy atom. The van der Waals surface area contributed by atoms with Gasteiger partial charge in [0.2, 0.25) is 5.91 Å². The number of benzene rings is 1. The van der Waals surface area contributed by atoms with Crippen LogP contribution < -0.4 is 10.2 Å². The van der Waals surface area contributed by atoms with Crippen molar-refractivity contribution in [3.8, 4) is 10.7 Å². The third-order valence-corrected chi connectivity index (χ3v) is 6.54. The van der Waals surface area contributed by atoms with Crippen LogP contribution in [0.3, 0.4) is 0 Å². The summed E-state index contributed by atoms with van der Waals surface area (Å²) in [4.78, 5) is 28.0. The minimum Gasteiger partial charge on any atom is -0.379 e. The zero-order valence-corrected chi connectivity index (χ0v) is 20.3. The molecule has 3 aromatic rings. The van der Waals surface area contributed by atoms with Crippen LogP contribution in [0, 0.1) is 5.92 Å². The van der Waals surface area contributed by atoms with Crippen molar-refractivity contribution in [1.82, 2.24) is 20.2 Å². The van der Waals surface area contributed by atoms with E-state index in [2.05, 4.69) is 35.0 Å². The fraction of sp³-hybridized carbons (Fsp3) is 0.480. The van der Waals surface area contributed by atoms with Crippen LogP contribution in [0.5, 0.6) is 0 Å². The molecule has 0 radical (unpaired) electrons. The molecule has 1 saturated heterocycles. The molecule has 1 aromatic carbocycles. The van der Waals surface area contributed by atoms with Gasteiger partial charge in [-0.1, -0.05) is 32.0 Å². The summed E-state index contributed by atoms with van der Waals surface area (Å²) < 4.78 is 5.38. The molecule has 33 heavy (non-hydrogen) atoms. The lowest BCUT2D eigenvalue weighted by atomic mass is 10.1. The van der Waals surface area contributed by atoms with Crippen LogP contribution in [0.4, 0.5) is 5.82 Å². The number of ether oxygens (including phenoxy) is 1. The smallest absolute Gasteiger partial charge is 0.221 e. The summed E-state index contributed by atoms with van der Waals surface area (Å²) in [6.07, 6.45) is 0.433. The van der Waals surface area contributed by atoms with Gasteiger partial charge in [-0.3, -0.25) is 9.69 Å². The second-order valence-electron chi connectivity index (χ2n) is 8.76. The number of carbonyl (C=O) groups is 1. The van der Waals surface area contributed by atoms with Gasteiger partial charge in [0, 0.05) is 51.1 Å². The van der Waals surface area contributed by atoms with Gasteiger partial charge in [0.05, 0.1) is 23.6 Å². The lowest BCUT2D eigenvalue weighted by Gasteiger charge is -2.27. The van der Waals surface area contributed by atoms with Gasteiger partial charge in [0.1, 0.15) is 5.82 Å². The molecule has 176 valence electrons. The lowest BCUT2D eigenvalue weighted by Crippen LogP contribution is -2.42. The van der Waals surface area contributed by atoms with Crippen LogP contribution in [-0.2, 0) is 9.53 Å². The number of fused-ring (bicyclic) bond motifs is 1. The van der Waals surface area contributed by atoms with E-state index >= 15 is 0 Å². The van der Waals surface area contributed by atoms with Gasteiger partial charge in [0.25, 0.3) is 0 Å². The molecule has 1 N–H and O–H groups in total. The number of anilines is 1. The second kappa shape index (κ2) is 11.5. The number of hydrogen-bond acceptors (Lipinski definition) is 7. The molecule has 8 heteroatoms. The first-order chi connectivity index (χ1) is 16.1. The molecule has 3 heterocycles. The van der Waals surface area contributed by atoms with E-state index in [4.69, 9.17) is 14.7 Å². The van der Waals surface area contributed by atoms with Gasteiger partial charge in [-0.15, -0.1) is 11.3 Å². The van der Waals surface area contributed by atoms with Crippen LogP contribution in [0.2, 0.25) is 0 Å². The highest BCUT2D eigenvalue weighted by Gasteiger charge is 2.18. The zero-order chi connectivity index (χ0) is 23.0. The van der Waals surface area contributed by atoms with Gasteiger partial charge in [-0.05, 0) is 29.5 Å². The van der Waals surface area contributed by atoms with Crippen molar-refractivity contribution in [1.29, 1.82) is 0 Å². The topological polar surface area (TPSA) is 70.6 Å². The molecule has 1 fully saturated rings. The minimum atomic E-state index is 0.0776. The van der Waals surface area contributed by atoms with Crippen molar-refractivity contribution in [2.45, 2.75) is 20.3 Å². The molecular formula is C25H33N5O2S. The van der Waals surface area contributed by atoms with Crippen molar-refractivity contribution in [3.05, 3.63) is 41.8 Å². The van der Waals surface area contributed by atoms with Crippen LogP contribution in [0.25, 0.3) is 21.6 Å². The first-order valence-electron chi connectivity index (χ1n) is 11.7. The Bertz CT molecular complexity index is 1030. The fourth-order valence-corrected chi connectivity index (χ4v) is 4.70. The Kier molecular flexibility index (Phi) is 8.25. The van der Waals surface area contributed by atoms with Gasteiger partial charge >= 0.3 is 0 Å². The number of para-hydroxylation sites is 1. The Morgan fingerprint density at radius 1 is 1.18 bits per heavy atom. The maximum atomic E-state index is 12.6. The van der Waals surface area contributed by atoms with Crippen molar-refractivity contribution < 1.29 is 9.53 Å². The highest BCUT2D eigenvalue weighted by atomic mass is 32.1. The predicted molar refractivity (Wildman–Crippen MR) is 135 cm³/mol. The quantitative estimate of drug-likeness (QED) is 0.491. The normalized spacial score (nSPS) is 14.6. The van der Waals surface area contributed by atoms with E-state index in [1.807, 2.05) is 35.7 Å². The summed E-state index contributed by atoms with van der Waals surface area (Å²) in [6, 6.07) is 12.2. The van der Waals surface area contributed by atoms with Crippen molar-refractivity contribution in [2.24, 2.45) is 5.92 Å². The molecule has 0 atom stereocenters. The van der Waals surface area contributed by atoms with E-state index in [1.165, 1.54) is 0 Å². The second-order valence-corrected chi connectivity index (χ2v) is 9.71. The molecule has 0 bridgehead atoms. The van der Waals surface area contributed by atoms with E-state index in [-0.39, 0.29) is 5.91 Å². The molecular weight excluding hydrogens is 434 g/mol. The highest BCUT2D eigenvalue weighted by Crippen LogP contribution is 2.30. The molecule has 0 aliphatic carbocycles. The van der Waals surface area contributed by atoms with Gasteiger partial charge in [-0.2, -0.15) is 0 Å². The van der Waals surface area contributed by atoms with Gasteiger partial charge in [0.15, 0.2) is 5.82 Å². The summed E-state index contributed by atoms with van der Waals surface area (Å²) in [5, 5.41) is 6.14. The zero-order valence-electron chi connectivity index (χ0n) is 19.5. The minimum absolute atomic E-state index is 0.0776. The maximum Gasteiger partial charge on any atom is 0.221 e. The third kappa shape index (κ3) is 6.50. The number of thiophene rings is 1. The lowest BCUT2D eigenvalue weighted by molar-refractivity contribution is -0.121. The number of nitrogens with zero attached hydrogens (tertiary/aromatic N) is 4. The number of hydrogen-bond donors (Lipinski definition) is 1. The average molecular weight is 468 g/mol. The van der Waals surface area contributed by atoms with E-state index in [9.17, 15) is 4.79 Å². The molecule has 1 aliphatic heterocycles. The Morgan fingerprint density at radius 2 is 2.00 bits per heavy atom. The molecule has 1 aliphatic rings. The van der Waals surface area contributed by atoms with E-state index in [1.54, 1.807) is 11.3 Å². The van der Waals surface area contributed by atoms with Crippen LogP contribution >= 0.6 is 11.3 Å². The molecule has 2 aromatic heterocycles. The summed E-state index contributed by atoms with van der Waals surface area (Å²) in [5.74, 6) is 2.16. The van der Waals surface area contributed by atoms with Gasteiger partial charge < -0.3 is 15.0 Å². The van der Waals surface area contributed by atoms with E-state index < -0.39 is 0 Å². The van der Waals surface area contributed by atoms with Crippen LogP contribution in [-0.4, -0.2) is 73.3 Å². The van der Waals surface area contributed by atoms with Crippen LogP contribution in [0.1, 0.15) is 20.3 Å². The Labute approximate surface area is 199 Å². The SMILES string of the molecule is CC(C)CN(CCC(=O)NCCN1CCOCC1)c1nc(-c2cccs2)nc2ccccc12. The van der Waals surface area contributed by atoms with E-state index in [0.717, 1.165) is 66.8 Å². The molecule has 4 rings (SSSR count). The largest absolute Gasteiger partial charge is 0.379 e. The molecule has 7 nitrogen and oxygen atoms in total. The van der Waals surface area contributed by atoms with Crippen LogP contribution in [0.15, 0.2) is 41.8 Å². The first-order valence-corrected chi connectivity index (χ1v) is 12.6. The Hall–Kier alpha value is -2.55. The number of carbonyl (C=O) groups excluding carboxylic acids is 1. The molecule has 0 spiro atoms. The average Bonchev–Trinajstić information content (AvgIpc) is 3.37. The summed E-state index contributed by atoms with van der Waals surface area (Å²) in [5.41, 5.74) is 0.926. The summed E-state index contributed by atoms with van der Waals surface area (Å²) >= 11 is 1.64. The highest BCUT2D eigenvalue weighted by molar-refractivity contribution is 7.13. The standard InChI is InChI=1S/C25H33N5O2S/c1-19(2)18-30(11-9-23(31)26-10-12-29-13-15-32-16-14-29)25-20-6-3-4-7-21(20)27-24(28-25)22-8-5-17-33-22/h3-8,17,19H,9-16,18H2,1-2H3,(H,26,31). The molecule has 0 unspecified atom stereocenters. The van der Waals surface area contributed by atoms with Crippen molar-refractivity contribution in [2.75, 3.05) is 57.4 Å². The summed E-state index contributed by atoms with van der Waals surface area (Å²) in [6.45, 7) is 10.8. The fourth-order valence-electron chi connectivity index (χ4n) is 4.04. The predicted octanol–water partition coefficient (Wildman–Crippen LogP) is 3.66. The number of nitrogens with one attached hydrogen (secondary N) is 1. The van der Waals surface area contributed by atoms with E-state index in [0.29, 0.717) is 25.4 Å². The van der Waals surface area contributed by atoms with Gasteiger partial charge in [-0.25, -0.2) is 9.97 Å². The van der Waals surface area contributed by atoms with Crippen molar-refractivity contribution >= 4 is 34.0 Å². The number of aromatic nitrogens is 2. The summed E-state index contributed by atoms with van der Waals surface area (Å²) in [7, 11) is 0. The first kappa shape index (κ1) is 23.6. The monoisotopic (exact) mass is 467 g/mol. The van der Waals surface area contributed by atoms with Crippen molar-refractivity contribution in [3.63, 3.8) is 0 Å².